The zero-order valence-corrected chi connectivity index (χ0v) is 19.0. The summed E-state index contributed by atoms with van der Waals surface area (Å²) in [7, 11) is -3.96. The fourth-order valence-corrected chi connectivity index (χ4v) is 4.74. The van der Waals surface area contributed by atoms with Gasteiger partial charge in [0.1, 0.15) is 0 Å². The molecule has 1 saturated carbocycles. The van der Waals surface area contributed by atoms with E-state index < -0.39 is 16.1 Å². The van der Waals surface area contributed by atoms with Crippen molar-refractivity contribution in [2.45, 2.75) is 68.8 Å². The highest BCUT2D eigenvalue weighted by molar-refractivity contribution is 7.90. The number of urea groups is 1. The Morgan fingerprint density at radius 3 is 2.09 bits per heavy atom. The van der Waals surface area contributed by atoms with Crippen molar-refractivity contribution in [3.05, 3.63) is 65.7 Å². The molecule has 1 aliphatic rings. The Kier molecular flexibility index (Phi) is 8.67. The van der Waals surface area contributed by atoms with Gasteiger partial charge in [-0.1, -0.05) is 74.6 Å². The molecule has 2 aromatic rings. The normalized spacial score (nSPS) is 15.2. The fourth-order valence-electron chi connectivity index (χ4n) is 3.83. The van der Waals surface area contributed by atoms with E-state index >= 15 is 0 Å². The second-order valence-electron chi connectivity index (χ2n) is 8.20. The summed E-state index contributed by atoms with van der Waals surface area (Å²) in [6.07, 6.45) is 7.64. The maximum Gasteiger partial charge on any atom is 0.328 e. The number of rotatable bonds is 7. The molecule has 0 aliphatic heterocycles. The summed E-state index contributed by atoms with van der Waals surface area (Å²) in [5.41, 5.74) is 1.69. The molecule has 0 bridgehead atoms. The van der Waals surface area contributed by atoms with Crippen LogP contribution in [0.5, 0.6) is 0 Å². The van der Waals surface area contributed by atoms with Crippen molar-refractivity contribution >= 4 is 22.0 Å². The van der Waals surface area contributed by atoms with E-state index in [0.717, 1.165) is 49.7 Å². The van der Waals surface area contributed by atoms with E-state index in [-0.39, 0.29) is 23.3 Å². The van der Waals surface area contributed by atoms with Gasteiger partial charge in [-0.05, 0) is 36.1 Å². The van der Waals surface area contributed by atoms with Crippen molar-refractivity contribution in [1.29, 1.82) is 0 Å². The second kappa shape index (κ2) is 11.7. The maximum atomic E-state index is 12.5. The van der Waals surface area contributed by atoms with Gasteiger partial charge in [0, 0.05) is 12.6 Å². The molecule has 0 radical (unpaired) electrons. The predicted octanol–water partition coefficient (Wildman–Crippen LogP) is 3.65. The first-order valence-electron chi connectivity index (χ1n) is 11.2. The molecule has 172 valence electrons. The van der Waals surface area contributed by atoms with Gasteiger partial charge in [-0.15, -0.1) is 0 Å². The number of nitrogens with one attached hydrogen (secondary N) is 3. The van der Waals surface area contributed by atoms with E-state index in [1.807, 2.05) is 30.3 Å². The molecule has 0 spiro atoms. The Bertz CT molecular complexity index is 984. The van der Waals surface area contributed by atoms with E-state index in [2.05, 4.69) is 15.4 Å². The molecule has 1 aliphatic carbocycles. The van der Waals surface area contributed by atoms with Crippen LogP contribution >= 0.6 is 0 Å². The zero-order chi connectivity index (χ0) is 22.8. The fraction of sp³-hybridized carbons (Fsp3) is 0.417. The van der Waals surface area contributed by atoms with Gasteiger partial charge >= 0.3 is 6.03 Å². The number of sulfonamides is 1. The van der Waals surface area contributed by atoms with Crippen LogP contribution in [0, 0.1) is 0 Å². The number of carbonyl (C=O) groups excluding carboxylic acids is 2. The smallest absolute Gasteiger partial charge is 0.328 e. The molecule has 1 fully saturated rings. The number of carbonyl (C=O) groups is 2. The van der Waals surface area contributed by atoms with Crippen LogP contribution in [0.2, 0.25) is 0 Å². The standard InChI is InChI=1S/C24H31N3O4S/c28-23(17-19-9-5-4-6-10-19)25-18-20-13-15-22(16-14-20)32(30,31)27-24(29)26-21-11-7-2-1-3-8-12-21/h4-6,9-10,13-16,21H,1-3,7-8,11-12,17-18H2,(H,25,28)(H2,26,27,29). The Labute approximate surface area is 190 Å². The highest BCUT2D eigenvalue weighted by Crippen LogP contribution is 2.17. The van der Waals surface area contributed by atoms with Crippen LogP contribution < -0.4 is 15.4 Å². The summed E-state index contributed by atoms with van der Waals surface area (Å²) in [6, 6.07) is 14.9. The molecule has 7 nitrogen and oxygen atoms in total. The topological polar surface area (TPSA) is 104 Å². The quantitative estimate of drug-likeness (QED) is 0.590. The van der Waals surface area contributed by atoms with Crippen LogP contribution in [-0.2, 0) is 27.8 Å². The SMILES string of the molecule is O=C(Cc1ccccc1)NCc1ccc(S(=O)(=O)NC(=O)NC2CCCCCCC2)cc1. The van der Waals surface area contributed by atoms with E-state index in [0.29, 0.717) is 6.54 Å². The highest BCUT2D eigenvalue weighted by atomic mass is 32.2. The molecule has 2 aromatic carbocycles. The summed E-state index contributed by atoms with van der Waals surface area (Å²) >= 11 is 0. The molecular formula is C24H31N3O4S. The van der Waals surface area contributed by atoms with E-state index in [1.54, 1.807) is 12.1 Å². The average Bonchev–Trinajstić information content (AvgIpc) is 2.75. The second-order valence-corrected chi connectivity index (χ2v) is 9.89. The van der Waals surface area contributed by atoms with Gasteiger partial charge in [0.25, 0.3) is 10.0 Å². The minimum Gasteiger partial charge on any atom is -0.352 e. The number of hydrogen-bond acceptors (Lipinski definition) is 4. The van der Waals surface area contributed by atoms with Gasteiger partial charge in [-0.25, -0.2) is 17.9 Å². The third-order valence-corrected chi connectivity index (χ3v) is 6.95. The van der Waals surface area contributed by atoms with Crippen LogP contribution in [0.4, 0.5) is 4.79 Å². The van der Waals surface area contributed by atoms with Gasteiger partial charge in [0.2, 0.25) is 5.91 Å². The molecular weight excluding hydrogens is 426 g/mol. The minimum atomic E-state index is -3.96. The first-order chi connectivity index (χ1) is 15.4. The minimum absolute atomic E-state index is 0.00433. The first kappa shape index (κ1) is 23.8. The zero-order valence-electron chi connectivity index (χ0n) is 18.2. The van der Waals surface area contributed by atoms with Gasteiger partial charge in [0.15, 0.2) is 0 Å². The Balaban J connectivity index is 1.49. The molecule has 0 atom stereocenters. The summed E-state index contributed by atoms with van der Waals surface area (Å²) in [5.74, 6) is -0.111. The van der Waals surface area contributed by atoms with Gasteiger partial charge < -0.3 is 10.6 Å². The van der Waals surface area contributed by atoms with Crippen LogP contribution in [-0.4, -0.2) is 26.4 Å². The molecule has 0 aromatic heterocycles. The lowest BCUT2D eigenvalue weighted by molar-refractivity contribution is -0.120. The lowest BCUT2D eigenvalue weighted by Gasteiger charge is -2.21. The molecule has 0 unspecified atom stereocenters. The summed E-state index contributed by atoms with van der Waals surface area (Å²) in [5, 5.41) is 5.62. The van der Waals surface area contributed by atoms with Crippen molar-refractivity contribution in [3.8, 4) is 0 Å². The van der Waals surface area contributed by atoms with Crippen molar-refractivity contribution < 1.29 is 18.0 Å². The molecule has 3 rings (SSSR count). The van der Waals surface area contributed by atoms with E-state index in [9.17, 15) is 18.0 Å². The van der Waals surface area contributed by atoms with Crippen LogP contribution in [0.3, 0.4) is 0 Å². The van der Waals surface area contributed by atoms with E-state index in [4.69, 9.17) is 0 Å². The molecule has 8 heteroatoms. The summed E-state index contributed by atoms with van der Waals surface area (Å²) in [4.78, 5) is 24.3. The largest absolute Gasteiger partial charge is 0.352 e. The first-order valence-corrected chi connectivity index (χ1v) is 12.6. The van der Waals surface area contributed by atoms with Crippen LogP contribution in [0.1, 0.15) is 56.1 Å². The monoisotopic (exact) mass is 457 g/mol. The number of hydrogen-bond donors (Lipinski definition) is 3. The van der Waals surface area contributed by atoms with Gasteiger partial charge in [-0.2, -0.15) is 0 Å². The third-order valence-electron chi connectivity index (χ3n) is 5.60. The third kappa shape index (κ3) is 7.67. The Hall–Kier alpha value is -2.87. The molecule has 3 N–H and O–H groups in total. The van der Waals surface area contributed by atoms with Gasteiger partial charge in [0.05, 0.1) is 11.3 Å². The van der Waals surface area contributed by atoms with Crippen molar-refractivity contribution in [2.75, 3.05) is 0 Å². The Morgan fingerprint density at radius 1 is 0.812 bits per heavy atom. The number of amides is 3. The van der Waals surface area contributed by atoms with Crippen LogP contribution in [0.15, 0.2) is 59.5 Å². The van der Waals surface area contributed by atoms with Crippen molar-refractivity contribution in [3.63, 3.8) is 0 Å². The Morgan fingerprint density at radius 2 is 1.44 bits per heavy atom. The lowest BCUT2D eigenvalue weighted by Crippen LogP contribution is -2.44. The molecule has 32 heavy (non-hydrogen) atoms. The summed E-state index contributed by atoms with van der Waals surface area (Å²) < 4.78 is 27.2. The molecule has 0 saturated heterocycles. The number of benzene rings is 2. The summed E-state index contributed by atoms with van der Waals surface area (Å²) in [6.45, 7) is 0.293. The lowest BCUT2D eigenvalue weighted by atomic mass is 9.97. The van der Waals surface area contributed by atoms with Crippen molar-refractivity contribution in [2.24, 2.45) is 0 Å². The van der Waals surface area contributed by atoms with Crippen molar-refractivity contribution in [1.82, 2.24) is 15.4 Å². The predicted molar refractivity (Wildman–Crippen MR) is 123 cm³/mol. The van der Waals surface area contributed by atoms with Crippen LogP contribution in [0.25, 0.3) is 0 Å². The molecule has 0 heterocycles. The van der Waals surface area contributed by atoms with Gasteiger partial charge in [-0.3, -0.25) is 4.79 Å². The molecule has 3 amide bonds. The highest BCUT2D eigenvalue weighted by Gasteiger charge is 2.20. The van der Waals surface area contributed by atoms with E-state index in [1.165, 1.54) is 18.6 Å². The maximum absolute atomic E-state index is 12.5. The average molecular weight is 458 g/mol.